The fourth-order valence-electron chi connectivity index (χ4n) is 2.28. The number of hydrogen-bond donors (Lipinski definition) is 2. The summed E-state index contributed by atoms with van der Waals surface area (Å²) in [5.41, 5.74) is 1.39. The molecule has 0 saturated heterocycles. The van der Waals surface area contributed by atoms with Crippen LogP contribution < -0.4 is 20.1 Å². The van der Waals surface area contributed by atoms with Gasteiger partial charge in [-0.05, 0) is 12.1 Å². The summed E-state index contributed by atoms with van der Waals surface area (Å²) in [5, 5.41) is 6.74. The summed E-state index contributed by atoms with van der Waals surface area (Å²) in [7, 11) is 3.01. The number of halogens is 1. The quantitative estimate of drug-likeness (QED) is 0.695. The maximum Gasteiger partial charge on any atom is 0.319 e. The Hall–Kier alpha value is -2.51. The van der Waals surface area contributed by atoms with Crippen LogP contribution in [-0.4, -0.2) is 25.2 Å². The number of anilines is 1. The van der Waals surface area contributed by atoms with E-state index in [9.17, 15) is 4.79 Å². The van der Waals surface area contributed by atoms with Crippen molar-refractivity contribution in [3.05, 3.63) is 46.4 Å². The predicted molar refractivity (Wildman–Crippen MR) is 100 cm³/mol. The lowest BCUT2D eigenvalue weighted by Gasteiger charge is -2.13. The van der Waals surface area contributed by atoms with Crippen LogP contribution in [-0.2, 0) is 6.54 Å². The minimum Gasteiger partial charge on any atom is -0.495 e. The summed E-state index contributed by atoms with van der Waals surface area (Å²) in [6, 6.07) is 10.7. The third-order valence-corrected chi connectivity index (χ3v) is 4.79. The molecular formula is C17H16ClN3O3S. The van der Waals surface area contributed by atoms with E-state index in [0.29, 0.717) is 28.8 Å². The summed E-state index contributed by atoms with van der Waals surface area (Å²) in [6.45, 7) is 0.332. The number of aromatic nitrogens is 1. The topological polar surface area (TPSA) is 72.5 Å². The van der Waals surface area contributed by atoms with Gasteiger partial charge in [0.15, 0.2) is 0 Å². The highest BCUT2D eigenvalue weighted by Gasteiger charge is 2.13. The van der Waals surface area contributed by atoms with Crippen molar-refractivity contribution in [2.24, 2.45) is 0 Å². The number of methoxy groups -OCH3 is 2. The molecule has 2 amide bonds. The molecule has 0 bridgehead atoms. The van der Waals surface area contributed by atoms with Crippen molar-refractivity contribution in [2.75, 3.05) is 19.5 Å². The van der Waals surface area contributed by atoms with Crippen LogP contribution in [0.2, 0.25) is 5.02 Å². The van der Waals surface area contributed by atoms with Crippen LogP contribution in [0.25, 0.3) is 10.2 Å². The summed E-state index contributed by atoms with van der Waals surface area (Å²) in [6.07, 6.45) is 0. The van der Waals surface area contributed by atoms with Crippen LogP contribution in [0.4, 0.5) is 10.5 Å². The molecule has 0 aliphatic rings. The Morgan fingerprint density at radius 2 is 1.96 bits per heavy atom. The molecule has 1 aromatic heterocycles. The Kier molecular flexibility index (Phi) is 5.25. The van der Waals surface area contributed by atoms with E-state index < -0.39 is 0 Å². The van der Waals surface area contributed by atoms with Gasteiger partial charge in [0.2, 0.25) is 0 Å². The van der Waals surface area contributed by atoms with E-state index in [1.54, 1.807) is 23.5 Å². The molecule has 0 spiro atoms. The number of thiazole rings is 1. The summed E-state index contributed by atoms with van der Waals surface area (Å²) < 4.78 is 11.5. The number of nitrogens with one attached hydrogen (secondary N) is 2. The Morgan fingerprint density at radius 3 is 2.68 bits per heavy atom. The number of ether oxygens (including phenoxy) is 2. The summed E-state index contributed by atoms with van der Waals surface area (Å²) in [5.74, 6) is 0.893. The minimum atomic E-state index is -0.373. The zero-order chi connectivity index (χ0) is 17.8. The van der Waals surface area contributed by atoms with Gasteiger partial charge in [-0.25, -0.2) is 9.78 Å². The third-order valence-electron chi connectivity index (χ3n) is 3.46. The Balaban J connectivity index is 1.68. The maximum atomic E-state index is 12.2. The molecule has 130 valence electrons. The number of benzene rings is 2. The van der Waals surface area contributed by atoms with Crippen LogP contribution in [0, 0.1) is 0 Å². The van der Waals surface area contributed by atoms with Crippen LogP contribution in [0.1, 0.15) is 5.01 Å². The highest BCUT2D eigenvalue weighted by atomic mass is 35.5. The SMILES string of the molecule is COc1cc(NC(=O)NCc2nc3ccccc3s2)c(OC)cc1Cl. The average molecular weight is 378 g/mol. The highest BCUT2D eigenvalue weighted by molar-refractivity contribution is 7.18. The van der Waals surface area contributed by atoms with Crippen molar-refractivity contribution < 1.29 is 14.3 Å². The molecule has 8 heteroatoms. The highest BCUT2D eigenvalue weighted by Crippen LogP contribution is 2.35. The number of urea groups is 1. The second kappa shape index (κ2) is 7.58. The van der Waals surface area contributed by atoms with Crippen molar-refractivity contribution in [3.63, 3.8) is 0 Å². The minimum absolute atomic E-state index is 0.332. The van der Waals surface area contributed by atoms with Crippen molar-refractivity contribution in [2.45, 2.75) is 6.54 Å². The van der Waals surface area contributed by atoms with E-state index in [1.165, 1.54) is 14.2 Å². The number of hydrogen-bond acceptors (Lipinski definition) is 5. The summed E-state index contributed by atoms with van der Waals surface area (Å²) >= 11 is 7.60. The van der Waals surface area contributed by atoms with Gasteiger partial charge in [0, 0.05) is 12.1 Å². The van der Waals surface area contributed by atoms with E-state index in [2.05, 4.69) is 15.6 Å². The van der Waals surface area contributed by atoms with E-state index in [4.69, 9.17) is 21.1 Å². The molecule has 6 nitrogen and oxygen atoms in total. The van der Waals surface area contributed by atoms with Gasteiger partial charge in [0.1, 0.15) is 16.5 Å². The largest absolute Gasteiger partial charge is 0.495 e. The number of carbonyl (C=O) groups is 1. The second-order valence-electron chi connectivity index (χ2n) is 5.07. The molecule has 3 aromatic rings. The molecule has 1 heterocycles. The lowest BCUT2D eigenvalue weighted by atomic mass is 10.2. The first-order chi connectivity index (χ1) is 12.1. The van der Waals surface area contributed by atoms with Gasteiger partial charge in [-0.1, -0.05) is 23.7 Å². The number of carbonyl (C=O) groups excluding carboxylic acids is 1. The first-order valence-electron chi connectivity index (χ1n) is 7.41. The molecule has 0 aliphatic heterocycles. The van der Waals surface area contributed by atoms with Crippen LogP contribution in [0.3, 0.4) is 0 Å². The molecule has 0 unspecified atom stereocenters. The second-order valence-corrected chi connectivity index (χ2v) is 6.59. The normalized spacial score (nSPS) is 10.5. The van der Waals surface area contributed by atoms with Gasteiger partial charge in [0.05, 0.1) is 41.7 Å². The molecule has 2 N–H and O–H groups in total. The zero-order valence-electron chi connectivity index (χ0n) is 13.6. The predicted octanol–water partition coefficient (Wildman–Crippen LogP) is 4.29. The van der Waals surface area contributed by atoms with Gasteiger partial charge in [-0.15, -0.1) is 11.3 Å². The van der Waals surface area contributed by atoms with Gasteiger partial charge >= 0.3 is 6.03 Å². The van der Waals surface area contributed by atoms with E-state index >= 15 is 0 Å². The number of nitrogens with zero attached hydrogens (tertiary/aromatic N) is 1. The Morgan fingerprint density at radius 1 is 1.20 bits per heavy atom. The number of para-hydroxylation sites is 1. The molecule has 0 atom stereocenters. The molecule has 2 aromatic carbocycles. The number of fused-ring (bicyclic) bond motifs is 1. The lowest BCUT2D eigenvalue weighted by molar-refractivity contribution is 0.251. The molecule has 0 radical (unpaired) electrons. The smallest absolute Gasteiger partial charge is 0.319 e. The van der Waals surface area contributed by atoms with Gasteiger partial charge in [-0.3, -0.25) is 0 Å². The lowest BCUT2D eigenvalue weighted by Crippen LogP contribution is -2.28. The van der Waals surface area contributed by atoms with Crippen LogP contribution in [0.5, 0.6) is 11.5 Å². The average Bonchev–Trinajstić information content (AvgIpc) is 3.04. The third kappa shape index (κ3) is 3.94. The standard InChI is InChI=1S/C17H16ClN3O3S/c1-23-13-8-12(14(24-2)7-10(13)18)21-17(22)19-9-16-20-11-5-3-4-6-15(11)25-16/h3-8H,9H2,1-2H3,(H2,19,21,22). The first-order valence-corrected chi connectivity index (χ1v) is 8.61. The van der Waals surface area contributed by atoms with Gasteiger partial charge in [-0.2, -0.15) is 0 Å². The molecule has 0 fully saturated rings. The Labute approximate surface area is 153 Å². The first kappa shape index (κ1) is 17.3. The van der Waals surface area contributed by atoms with E-state index in [1.807, 2.05) is 24.3 Å². The molecule has 25 heavy (non-hydrogen) atoms. The molecular weight excluding hydrogens is 362 g/mol. The fourth-order valence-corrected chi connectivity index (χ4v) is 3.41. The molecule has 0 saturated carbocycles. The fraction of sp³-hybridized carbons (Fsp3) is 0.176. The molecule has 3 rings (SSSR count). The van der Waals surface area contributed by atoms with Gasteiger partial charge in [0.25, 0.3) is 0 Å². The van der Waals surface area contributed by atoms with Crippen molar-refractivity contribution in [1.82, 2.24) is 10.3 Å². The number of amides is 2. The van der Waals surface area contributed by atoms with Gasteiger partial charge < -0.3 is 20.1 Å². The monoisotopic (exact) mass is 377 g/mol. The Bertz CT molecular complexity index is 880. The van der Waals surface area contributed by atoms with Crippen LogP contribution >= 0.6 is 22.9 Å². The summed E-state index contributed by atoms with van der Waals surface area (Å²) in [4.78, 5) is 16.7. The van der Waals surface area contributed by atoms with Crippen LogP contribution in [0.15, 0.2) is 36.4 Å². The maximum absolute atomic E-state index is 12.2. The number of rotatable bonds is 5. The zero-order valence-corrected chi connectivity index (χ0v) is 15.2. The van der Waals surface area contributed by atoms with Crippen molar-refractivity contribution >= 4 is 44.9 Å². The van der Waals surface area contributed by atoms with Crippen molar-refractivity contribution in [3.8, 4) is 11.5 Å². The van der Waals surface area contributed by atoms with E-state index in [0.717, 1.165) is 15.2 Å². The van der Waals surface area contributed by atoms with E-state index in [-0.39, 0.29) is 6.03 Å². The van der Waals surface area contributed by atoms with Crippen molar-refractivity contribution in [1.29, 1.82) is 0 Å². The molecule has 0 aliphatic carbocycles.